The molecule has 6 nitrogen and oxygen atoms in total. The Morgan fingerprint density at radius 1 is 1.14 bits per heavy atom. The summed E-state index contributed by atoms with van der Waals surface area (Å²) in [6.07, 6.45) is 0. The van der Waals surface area contributed by atoms with Crippen molar-refractivity contribution in [1.82, 2.24) is 4.31 Å². The summed E-state index contributed by atoms with van der Waals surface area (Å²) in [4.78, 5) is 12.4. The number of nitrogens with zero attached hydrogens (tertiary/aromatic N) is 1. The van der Waals surface area contributed by atoms with Gasteiger partial charge in [-0.2, -0.15) is 4.31 Å². The molecule has 0 fully saturated rings. The highest BCUT2D eigenvalue weighted by molar-refractivity contribution is 7.89. The second kappa shape index (κ2) is 10.1. The van der Waals surface area contributed by atoms with Gasteiger partial charge >= 0.3 is 0 Å². The number of rotatable bonds is 9. The van der Waals surface area contributed by atoms with Gasteiger partial charge in [-0.15, -0.1) is 0 Å². The summed E-state index contributed by atoms with van der Waals surface area (Å²) in [5.41, 5.74) is 1.78. The third kappa shape index (κ3) is 5.95. The van der Waals surface area contributed by atoms with Gasteiger partial charge in [0, 0.05) is 12.2 Å². The summed E-state index contributed by atoms with van der Waals surface area (Å²) < 4.78 is 32.3. The Morgan fingerprint density at radius 3 is 2.31 bits per heavy atom. The zero-order valence-electron chi connectivity index (χ0n) is 17.1. The zero-order valence-corrected chi connectivity index (χ0v) is 18.7. The van der Waals surface area contributed by atoms with E-state index in [1.165, 1.54) is 18.2 Å². The number of nitrogens with one attached hydrogen (secondary N) is 1. The third-order valence-corrected chi connectivity index (χ3v) is 6.59. The molecule has 8 heteroatoms. The van der Waals surface area contributed by atoms with Crippen molar-refractivity contribution in [2.45, 2.75) is 38.5 Å². The minimum atomic E-state index is -3.88. The molecule has 0 radical (unpaired) electrons. The Labute approximate surface area is 177 Å². The van der Waals surface area contributed by atoms with Gasteiger partial charge in [0.05, 0.1) is 23.1 Å². The molecule has 1 amide bonds. The third-order valence-electron chi connectivity index (χ3n) is 4.37. The van der Waals surface area contributed by atoms with Crippen LogP contribution in [0.4, 0.5) is 5.69 Å². The smallest absolute Gasteiger partial charge is 0.243 e. The summed E-state index contributed by atoms with van der Waals surface area (Å²) in [6.45, 7) is 7.94. The van der Waals surface area contributed by atoms with Crippen molar-refractivity contribution in [1.29, 1.82) is 0 Å². The molecule has 0 saturated heterocycles. The Bertz CT molecular complexity index is 944. The molecule has 158 valence electrons. The van der Waals surface area contributed by atoms with Gasteiger partial charge in [-0.05, 0) is 48.7 Å². The number of halogens is 1. The number of amides is 1. The largest absolute Gasteiger partial charge is 0.492 e. The number of likely N-dealkylation sites (N-methyl/N-ethyl adjacent to an activating group) is 1. The molecule has 0 unspecified atom stereocenters. The molecule has 0 spiro atoms. The maximum atomic E-state index is 12.9. The fourth-order valence-corrected chi connectivity index (χ4v) is 4.47. The van der Waals surface area contributed by atoms with Crippen molar-refractivity contribution in [2.24, 2.45) is 0 Å². The van der Waals surface area contributed by atoms with Crippen LogP contribution in [-0.2, 0) is 14.8 Å². The fourth-order valence-electron chi connectivity index (χ4n) is 2.74. The first-order chi connectivity index (χ1) is 13.7. The number of benzene rings is 2. The molecule has 2 aromatic rings. The van der Waals surface area contributed by atoms with Crippen LogP contribution in [-0.4, -0.2) is 38.3 Å². The summed E-state index contributed by atoms with van der Waals surface area (Å²) >= 11 is 6.12. The molecule has 0 heterocycles. The molecule has 0 saturated carbocycles. The average molecular weight is 439 g/mol. The molecule has 0 atom stereocenters. The lowest BCUT2D eigenvalue weighted by molar-refractivity contribution is -0.116. The molecule has 0 aliphatic heterocycles. The van der Waals surface area contributed by atoms with Crippen LogP contribution in [0, 0.1) is 0 Å². The number of hydrogen-bond donors (Lipinski definition) is 1. The summed E-state index contributed by atoms with van der Waals surface area (Å²) in [5.74, 6) is 0.393. The highest BCUT2D eigenvalue weighted by Crippen LogP contribution is 2.28. The second-order valence-corrected chi connectivity index (χ2v) is 9.13. The second-order valence-electron chi connectivity index (χ2n) is 6.78. The van der Waals surface area contributed by atoms with E-state index in [2.05, 4.69) is 19.2 Å². The summed E-state index contributed by atoms with van der Waals surface area (Å²) in [5, 5.41) is 2.95. The molecule has 1 N–H and O–H groups in total. The van der Waals surface area contributed by atoms with Crippen LogP contribution in [0.15, 0.2) is 47.4 Å². The number of anilines is 1. The fraction of sp³-hybridized carbons (Fsp3) is 0.381. The summed E-state index contributed by atoms with van der Waals surface area (Å²) in [7, 11) is -3.88. The minimum absolute atomic E-state index is 0.0156. The van der Waals surface area contributed by atoms with Crippen LogP contribution in [0.1, 0.15) is 39.2 Å². The van der Waals surface area contributed by atoms with Gasteiger partial charge in [0.1, 0.15) is 5.75 Å². The van der Waals surface area contributed by atoms with Crippen LogP contribution in [0.25, 0.3) is 0 Å². The number of hydrogen-bond acceptors (Lipinski definition) is 4. The van der Waals surface area contributed by atoms with Crippen molar-refractivity contribution in [3.8, 4) is 5.75 Å². The summed E-state index contributed by atoms with van der Waals surface area (Å²) in [6, 6.07) is 11.8. The molecular formula is C21H27ClN2O4S. The Morgan fingerprint density at radius 2 is 1.79 bits per heavy atom. The van der Waals surface area contributed by atoms with E-state index in [1.807, 2.05) is 31.2 Å². The molecule has 0 bridgehead atoms. The van der Waals surface area contributed by atoms with Gasteiger partial charge < -0.3 is 10.1 Å². The quantitative estimate of drug-likeness (QED) is 0.624. The van der Waals surface area contributed by atoms with Gasteiger partial charge in [-0.25, -0.2) is 8.42 Å². The van der Waals surface area contributed by atoms with E-state index in [4.69, 9.17) is 16.3 Å². The predicted octanol–water partition coefficient (Wildman–Crippen LogP) is 4.51. The monoisotopic (exact) mass is 438 g/mol. The number of carbonyl (C=O) groups excluding carboxylic acids is 1. The number of ether oxygens (including phenoxy) is 1. The van der Waals surface area contributed by atoms with Crippen molar-refractivity contribution in [3.63, 3.8) is 0 Å². The molecule has 0 aromatic heterocycles. The van der Waals surface area contributed by atoms with E-state index in [-0.39, 0.29) is 23.0 Å². The predicted molar refractivity (Wildman–Crippen MR) is 116 cm³/mol. The first-order valence-electron chi connectivity index (χ1n) is 9.51. The molecule has 0 aliphatic carbocycles. The topological polar surface area (TPSA) is 75.7 Å². The number of sulfonamides is 1. The molecular weight excluding hydrogens is 412 g/mol. The van der Waals surface area contributed by atoms with Crippen LogP contribution in [0.3, 0.4) is 0 Å². The lowest BCUT2D eigenvalue weighted by Gasteiger charge is -2.20. The molecule has 0 aliphatic rings. The van der Waals surface area contributed by atoms with E-state index >= 15 is 0 Å². The van der Waals surface area contributed by atoms with Crippen molar-refractivity contribution in [3.05, 3.63) is 53.1 Å². The van der Waals surface area contributed by atoms with E-state index in [0.717, 1.165) is 9.87 Å². The van der Waals surface area contributed by atoms with Gasteiger partial charge in [0.15, 0.2) is 0 Å². The van der Waals surface area contributed by atoms with E-state index in [9.17, 15) is 13.2 Å². The van der Waals surface area contributed by atoms with Crippen LogP contribution < -0.4 is 10.1 Å². The normalized spacial score (nSPS) is 11.7. The average Bonchev–Trinajstić information content (AvgIpc) is 2.68. The molecule has 29 heavy (non-hydrogen) atoms. The lowest BCUT2D eigenvalue weighted by atomic mass is 10.0. The van der Waals surface area contributed by atoms with Gasteiger partial charge in [0.2, 0.25) is 15.9 Å². The van der Waals surface area contributed by atoms with Crippen molar-refractivity contribution in [2.75, 3.05) is 25.0 Å². The van der Waals surface area contributed by atoms with Crippen LogP contribution in [0.2, 0.25) is 5.02 Å². The number of carbonyl (C=O) groups is 1. The van der Waals surface area contributed by atoms with Gasteiger partial charge in [-0.3, -0.25) is 4.79 Å². The Balaban J connectivity index is 2.13. The molecule has 2 aromatic carbocycles. The maximum Gasteiger partial charge on any atom is 0.243 e. The maximum absolute atomic E-state index is 12.9. The Hall–Kier alpha value is -2.09. The standard InChI is InChI=1S/C21H27ClN2O4S/c1-5-24(14-21(25)23-17-9-7-16(8-10-17)15(3)4)29(26,27)18-11-12-20(28-6-2)19(22)13-18/h7-13,15H,5-6,14H2,1-4H3,(H,23,25). The Kier molecular flexibility index (Phi) is 8.07. The van der Waals surface area contributed by atoms with Gasteiger partial charge in [0.25, 0.3) is 0 Å². The highest BCUT2D eigenvalue weighted by Gasteiger charge is 2.26. The molecule has 2 rings (SSSR count). The van der Waals surface area contributed by atoms with Crippen molar-refractivity contribution >= 4 is 33.2 Å². The van der Waals surface area contributed by atoms with Crippen LogP contribution in [0.5, 0.6) is 5.75 Å². The zero-order chi connectivity index (χ0) is 21.6. The minimum Gasteiger partial charge on any atom is -0.492 e. The lowest BCUT2D eigenvalue weighted by Crippen LogP contribution is -2.37. The van der Waals surface area contributed by atoms with Gasteiger partial charge in [-0.1, -0.05) is 44.5 Å². The van der Waals surface area contributed by atoms with E-state index < -0.39 is 15.9 Å². The van der Waals surface area contributed by atoms with E-state index in [0.29, 0.717) is 24.0 Å². The first kappa shape index (κ1) is 23.2. The van der Waals surface area contributed by atoms with Crippen molar-refractivity contribution < 1.29 is 17.9 Å². The first-order valence-corrected chi connectivity index (χ1v) is 11.3. The van der Waals surface area contributed by atoms with E-state index in [1.54, 1.807) is 6.92 Å². The SMILES string of the molecule is CCOc1ccc(S(=O)(=O)N(CC)CC(=O)Nc2ccc(C(C)C)cc2)cc1Cl. The van der Waals surface area contributed by atoms with Crippen LogP contribution >= 0.6 is 11.6 Å². The highest BCUT2D eigenvalue weighted by atomic mass is 35.5.